The molecule has 1 aromatic carbocycles. The van der Waals surface area contributed by atoms with Crippen molar-refractivity contribution < 1.29 is 14.7 Å². The Bertz CT molecular complexity index is 724. The molecule has 0 spiro atoms. The van der Waals surface area contributed by atoms with Crippen LogP contribution < -0.4 is 5.32 Å². The number of hydrogen-bond donors (Lipinski definition) is 2. The van der Waals surface area contributed by atoms with Gasteiger partial charge in [0.05, 0.1) is 10.9 Å². The summed E-state index contributed by atoms with van der Waals surface area (Å²) in [5.74, 6) is -1.90. The van der Waals surface area contributed by atoms with Crippen LogP contribution in [-0.2, 0) is 11.2 Å². The standard InChI is InChI=1S/C17H20N2O3S/c1-10-5-4-6-13(7-10)8-14(17(21)22)9-18-16(20)15-11(2)23-12(3)19-15/h4-7,14H,8-9H2,1-3H3,(H,18,20)(H,21,22). The lowest BCUT2D eigenvalue weighted by atomic mass is 9.98. The summed E-state index contributed by atoms with van der Waals surface area (Å²) in [6, 6.07) is 7.74. The van der Waals surface area contributed by atoms with Crippen molar-refractivity contribution >= 4 is 23.2 Å². The van der Waals surface area contributed by atoms with Gasteiger partial charge in [0.2, 0.25) is 0 Å². The van der Waals surface area contributed by atoms with Gasteiger partial charge in [0.15, 0.2) is 0 Å². The number of carbonyl (C=O) groups is 2. The molecular formula is C17H20N2O3S. The molecule has 0 saturated carbocycles. The van der Waals surface area contributed by atoms with Crippen molar-refractivity contribution in [3.05, 3.63) is 51.0 Å². The average molecular weight is 332 g/mol. The van der Waals surface area contributed by atoms with Crippen LogP contribution in [0.3, 0.4) is 0 Å². The van der Waals surface area contributed by atoms with Crippen LogP contribution in [0, 0.1) is 26.7 Å². The molecule has 0 bridgehead atoms. The van der Waals surface area contributed by atoms with Crippen molar-refractivity contribution in [2.45, 2.75) is 27.2 Å². The van der Waals surface area contributed by atoms with E-state index in [2.05, 4.69) is 10.3 Å². The van der Waals surface area contributed by atoms with Crippen LogP contribution in [0.4, 0.5) is 0 Å². The van der Waals surface area contributed by atoms with Gasteiger partial charge in [-0.1, -0.05) is 29.8 Å². The molecule has 1 aromatic heterocycles. The summed E-state index contributed by atoms with van der Waals surface area (Å²) >= 11 is 1.45. The van der Waals surface area contributed by atoms with Crippen LogP contribution in [0.25, 0.3) is 0 Å². The first-order chi connectivity index (χ1) is 10.9. The number of aryl methyl sites for hydroxylation is 3. The predicted molar refractivity (Wildman–Crippen MR) is 89.9 cm³/mol. The molecule has 1 heterocycles. The van der Waals surface area contributed by atoms with E-state index in [0.29, 0.717) is 12.1 Å². The quantitative estimate of drug-likeness (QED) is 0.852. The van der Waals surface area contributed by atoms with Crippen LogP contribution in [0.15, 0.2) is 24.3 Å². The maximum Gasteiger partial charge on any atom is 0.308 e. The molecule has 2 N–H and O–H groups in total. The highest BCUT2D eigenvalue weighted by Crippen LogP contribution is 2.16. The largest absolute Gasteiger partial charge is 0.481 e. The molecule has 1 unspecified atom stereocenters. The highest BCUT2D eigenvalue weighted by Gasteiger charge is 2.21. The Morgan fingerprint density at radius 2 is 2.04 bits per heavy atom. The SMILES string of the molecule is Cc1cccc(CC(CNC(=O)c2nc(C)sc2C)C(=O)O)c1. The second kappa shape index (κ2) is 7.37. The van der Waals surface area contributed by atoms with E-state index < -0.39 is 11.9 Å². The molecule has 23 heavy (non-hydrogen) atoms. The fourth-order valence-electron chi connectivity index (χ4n) is 2.41. The molecule has 122 valence electrons. The van der Waals surface area contributed by atoms with E-state index in [0.717, 1.165) is 21.0 Å². The van der Waals surface area contributed by atoms with Gasteiger partial charge in [-0.3, -0.25) is 9.59 Å². The van der Waals surface area contributed by atoms with E-state index >= 15 is 0 Å². The summed E-state index contributed by atoms with van der Waals surface area (Å²) in [7, 11) is 0. The van der Waals surface area contributed by atoms with Crippen molar-refractivity contribution in [1.29, 1.82) is 0 Å². The van der Waals surface area contributed by atoms with E-state index in [4.69, 9.17) is 0 Å². The third-order valence-corrected chi connectivity index (χ3v) is 4.43. The zero-order valence-electron chi connectivity index (χ0n) is 13.4. The van der Waals surface area contributed by atoms with Gasteiger partial charge in [-0.2, -0.15) is 0 Å². The van der Waals surface area contributed by atoms with Crippen LogP contribution in [0.2, 0.25) is 0 Å². The number of rotatable bonds is 6. The fraction of sp³-hybridized carbons (Fsp3) is 0.353. The Morgan fingerprint density at radius 1 is 1.30 bits per heavy atom. The number of aliphatic carboxylic acids is 1. The molecular weight excluding hydrogens is 312 g/mol. The average Bonchev–Trinajstić information content (AvgIpc) is 2.81. The zero-order valence-corrected chi connectivity index (χ0v) is 14.2. The third kappa shape index (κ3) is 4.63. The Morgan fingerprint density at radius 3 is 2.61 bits per heavy atom. The Balaban J connectivity index is 2.01. The molecule has 6 heteroatoms. The van der Waals surface area contributed by atoms with Gasteiger partial charge >= 0.3 is 5.97 Å². The molecule has 0 aliphatic carbocycles. The number of nitrogens with one attached hydrogen (secondary N) is 1. The number of carbonyl (C=O) groups excluding carboxylic acids is 1. The first-order valence-corrected chi connectivity index (χ1v) is 8.19. The summed E-state index contributed by atoms with van der Waals surface area (Å²) in [4.78, 5) is 28.6. The smallest absolute Gasteiger partial charge is 0.308 e. The summed E-state index contributed by atoms with van der Waals surface area (Å²) in [6.45, 7) is 5.72. The second-order valence-electron chi connectivity index (χ2n) is 5.58. The number of thiazole rings is 1. The first kappa shape index (κ1) is 17.1. The Labute approximate surface area is 139 Å². The molecule has 1 atom stereocenters. The minimum absolute atomic E-state index is 0.0815. The minimum Gasteiger partial charge on any atom is -0.481 e. The number of aromatic nitrogens is 1. The van der Waals surface area contributed by atoms with Crippen molar-refractivity contribution in [1.82, 2.24) is 10.3 Å². The summed E-state index contributed by atoms with van der Waals surface area (Å²) in [5.41, 5.74) is 2.42. The minimum atomic E-state index is -0.919. The number of carboxylic acids is 1. The van der Waals surface area contributed by atoms with Gasteiger partial charge < -0.3 is 10.4 Å². The van der Waals surface area contributed by atoms with Gasteiger partial charge in [-0.15, -0.1) is 11.3 Å². The van der Waals surface area contributed by atoms with Gasteiger partial charge in [0.1, 0.15) is 5.69 Å². The zero-order chi connectivity index (χ0) is 17.0. The van der Waals surface area contributed by atoms with Crippen molar-refractivity contribution in [3.63, 3.8) is 0 Å². The molecule has 0 aliphatic heterocycles. The molecule has 0 aliphatic rings. The molecule has 1 amide bonds. The highest BCUT2D eigenvalue weighted by atomic mass is 32.1. The van der Waals surface area contributed by atoms with Crippen LogP contribution >= 0.6 is 11.3 Å². The fourth-order valence-corrected chi connectivity index (χ4v) is 3.22. The van der Waals surface area contributed by atoms with Crippen LogP contribution in [-0.4, -0.2) is 28.5 Å². The van der Waals surface area contributed by atoms with Crippen molar-refractivity contribution in [3.8, 4) is 0 Å². The Hall–Kier alpha value is -2.21. The second-order valence-corrected chi connectivity index (χ2v) is 6.98. The number of amides is 1. The lowest BCUT2D eigenvalue weighted by Crippen LogP contribution is -2.34. The lowest BCUT2D eigenvalue weighted by molar-refractivity contribution is -0.141. The van der Waals surface area contributed by atoms with Crippen LogP contribution in [0.1, 0.15) is 31.5 Å². The summed E-state index contributed by atoms with van der Waals surface area (Å²) in [6.07, 6.45) is 0.381. The Kier molecular flexibility index (Phi) is 5.50. The van der Waals surface area contributed by atoms with Crippen molar-refractivity contribution in [2.75, 3.05) is 6.54 Å². The number of hydrogen-bond acceptors (Lipinski definition) is 4. The van der Waals surface area contributed by atoms with Crippen LogP contribution in [0.5, 0.6) is 0 Å². The normalized spacial score (nSPS) is 12.0. The van der Waals surface area contributed by atoms with Gasteiger partial charge in [0.25, 0.3) is 5.91 Å². The van der Waals surface area contributed by atoms with Gasteiger partial charge in [-0.05, 0) is 32.8 Å². The van der Waals surface area contributed by atoms with E-state index in [1.165, 1.54) is 11.3 Å². The van der Waals surface area contributed by atoms with Crippen molar-refractivity contribution in [2.24, 2.45) is 5.92 Å². The summed E-state index contributed by atoms with van der Waals surface area (Å²) in [5, 5.41) is 12.9. The molecule has 2 rings (SSSR count). The maximum absolute atomic E-state index is 12.2. The molecule has 5 nitrogen and oxygen atoms in total. The lowest BCUT2D eigenvalue weighted by Gasteiger charge is -2.13. The van der Waals surface area contributed by atoms with Gasteiger partial charge in [0, 0.05) is 11.4 Å². The molecule has 0 radical (unpaired) electrons. The summed E-state index contributed by atoms with van der Waals surface area (Å²) < 4.78 is 0. The molecule has 0 saturated heterocycles. The molecule has 0 fully saturated rings. The number of carboxylic acid groups (broad SMARTS) is 1. The van der Waals surface area contributed by atoms with E-state index in [1.54, 1.807) is 0 Å². The number of benzene rings is 1. The van der Waals surface area contributed by atoms with E-state index in [9.17, 15) is 14.7 Å². The number of nitrogens with zero attached hydrogens (tertiary/aromatic N) is 1. The maximum atomic E-state index is 12.2. The first-order valence-electron chi connectivity index (χ1n) is 7.37. The predicted octanol–water partition coefficient (Wildman–Crippen LogP) is 2.74. The van der Waals surface area contributed by atoms with E-state index in [1.807, 2.05) is 45.0 Å². The third-order valence-electron chi connectivity index (χ3n) is 3.54. The van der Waals surface area contributed by atoms with E-state index in [-0.39, 0.29) is 12.5 Å². The monoisotopic (exact) mass is 332 g/mol. The van der Waals surface area contributed by atoms with Gasteiger partial charge in [-0.25, -0.2) is 4.98 Å². The molecule has 2 aromatic rings. The topological polar surface area (TPSA) is 79.3 Å². The highest BCUT2D eigenvalue weighted by molar-refractivity contribution is 7.11.